The molecule has 16 heavy (non-hydrogen) atoms. The van der Waals surface area contributed by atoms with Crippen LogP contribution in [0.5, 0.6) is 0 Å². The Kier molecular flexibility index (Phi) is 3.58. The van der Waals surface area contributed by atoms with E-state index >= 15 is 0 Å². The van der Waals surface area contributed by atoms with E-state index in [1.54, 1.807) is 0 Å². The molecule has 0 amide bonds. The van der Waals surface area contributed by atoms with Crippen LogP contribution in [0.25, 0.3) is 0 Å². The van der Waals surface area contributed by atoms with Crippen LogP contribution in [0.4, 0.5) is 5.69 Å². The van der Waals surface area contributed by atoms with E-state index in [1.165, 1.54) is 0 Å². The van der Waals surface area contributed by atoms with E-state index in [-0.39, 0.29) is 0 Å². The second kappa shape index (κ2) is 5.34. The molecule has 1 aromatic carbocycles. The highest BCUT2D eigenvalue weighted by Crippen LogP contribution is 2.16. The maximum Gasteiger partial charge on any atom is 0.193 e. The van der Waals surface area contributed by atoms with E-state index in [4.69, 9.17) is 4.74 Å². The quantitative estimate of drug-likeness (QED) is 0.518. The fourth-order valence-electron chi connectivity index (χ4n) is 1.71. The Morgan fingerprint density at radius 2 is 2.12 bits per heavy atom. The Hall–Kier alpha value is -1.79. The molecule has 1 aliphatic heterocycles. The topological polar surface area (TPSA) is 29.5 Å². The van der Waals surface area contributed by atoms with Gasteiger partial charge in [0.2, 0.25) is 0 Å². The number of aldehydes is 1. The van der Waals surface area contributed by atoms with Crippen molar-refractivity contribution in [2.24, 2.45) is 0 Å². The summed E-state index contributed by atoms with van der Waals surface area (Å²) >= 11 is 0. The number of morpholine rings is 1. The number of hydrogen-bond donors (Lipinski definition) is 0. The van der Waals surface area contributed by atoms with Crippen LogP contribution in [0, 0.1) is 11.8 Å². The molecular weight excluding hydrogens is 202 g/mol. The average Bonchev–Trinajstić information content (AvgIpc) is 2.38. The van der Waals surface area contributed by atoms with Crippen LogP contribution < -0.4 is 4.90 Å². The van der Waals surface area contributed by atoms with Gasteiger partial charge in [-0.25, -0.2) is 0 Å². The number of ether oxygens (including phenoxy) is 1. The van der Waals surface area contributed by atoms with Crippen LogP contribution in [0.2, 0.25) is 0 Å². The van der Waals surface area contributed by atoms with Gasteiger partial charge in [0.05, 0.1) is 13.2 Å². The summed E-state index contributed by atoms with van der Waals surface area (Å²) in [6.07, 6.45) is 0.613. The molecule has 82 valence electrons. The largest absolute Gasteiger partial charge is 0.378 e. The zero-order valence-electron chi connectivity index (χ0n) is 8.98. The van der Waals surface area contributed by atoms with Crippen molar-refractivity contribution in [1.29, 1.82) is 0 Å². The summed E-state index contributed by atoms with van der Waals surface area (Å²) in [6, 6.07) is 7.92. The Labute approximate surface area is 95.0 Å². The molecular formula is C13H13NO2. The van der Waals surface area contributed by atoms with E-state index in [9.17, 15) is 4.79 Å². The number of hydrogen-bond acceptors (Lipinski definition) is 3. The SMILES string of the molecule is O=CC#Cc1cccc(N2CCOCC2)c1. The lowest BCUT2D eigenvalue weighted by atomic mass is 10.2. The van der Waals surface area contributed by atoms with Crippen molar-refractivity contribution in [3.05, 3.63) is 29.8 Å². The van der Waals surface area contributed by atoms with Crippen molar-refractivity contribution >= 4 is 12.0 Å². The van der Waals surface area contributed by atoms with E-state index in [0.29, 0.717) is 6.29 Å². The van der Waals surface area contributed by atoms with Gasteiger partial charge in [0.25, 0.3) is 0 Å². The van der Waals surface area contributed by atoms with Gasteiger partial charge in [-0.15, -0.1) is 0 Å². The van der Waals surface area contributed by atoms with Crippen LogP contribution in [-0.4, -0.2) is 32.6 Å². The van der Waals surface area contributed by atoms with Gasteiger partial charge in [0.1, 0.15) is 0 Å². The van der Waals surface area contributed by atoms with Gasteiger partial charge in [-0.3, -0.25) is 4.79 Å². The third kappa shape index (κ3) is 2.62. The third-order valence-electron chi connectivity index (χ3n) is 2.50. The van der Waals surface area contributed by atoms with Gasteiger partial charge >= 0.3 is 0 Å². The first-order chi connectivity index (χ1) is 7.90. The van der Waals surface area contributed by atoms with Gasteiger partial charge < -0.3 is 9.64 Å². The highest BCUT2D eigenvalue weighted by atomic mass is 16.5. The fourth-order valence-corrected chi connectivity index (χ4v) is 1.71. The lowest BCUT2D eigenvalue weighted by Crippen LogP contribution is -2.36. The third-order valence-corrected chi connectivity index (χ3v) is 2.50. The Balaban J connectivity index is 2.17. The summed E-state index contributed by atoms with van der Waals surface area (Å²) in [6.45, 7) is 3.35. The van der Waals surface area contributed by atoms with Crippen molar-refractivity contribution in [1.82, 2.24) is 0 Å². The van der Waals surface area contributed by atoms with Gasteiger partial charge in [-0.1, -0.05) is 12.0 Å². The first-order valence-electron chi connectivity index (χ1n) is 5.28. The maximum atomic E-state index is 10.2. The molecule has 1 aromatic rings. The van der Waals surface area contributed by atoms with Crippen molar-refractivity contribution < 1.29 is 9.53 Å². The molecule has 0 unspecified atom stereocenters. The molecule has 0 atom stereocenters. The molecule has 0 aromatic heterocycles. The molecule has 2 rings (SSSR count). The minimum absolute atomic E-state index is 0.613. The predicted molar refractivity (Wildman–Crippen MR) is 62.4 cm³/mol. The summed E-state index contributed by atoms with van der Waals surface area (Å²) in [5, 5.41) is 0. The fraction of sp³-hybridized carbons (Fsp3) is 0.308. The number of carbonyl (C=O) groups is 1. The molecule has 3 heteroatoms. The second-order valence-electron chi connectivity index (χ2n) is 3.54. The maximum absolute atomic E-state index is 10.2. The zero-order chi connectivity index (χ0) is 11.2. The standard InChI is InChI=1S/C13H13NO2/c15-8-2-4-12-3-1-5-13(11-12)14-6-9-16-10-7-14/h1,3,5,8,11H,6-7,9-10H2. The summed E-state index contributed by atoms with van der Waals surface area (Å²) in [4.78, 5) is 12.4. The van der Waals surface area contributed by atoms with Crippen molar-refractivity contribution in [3.8, 4) is 11.8 Å². The Morgan fingerprint density at radius 1 is 1.31 bits per heavy atom. The van der Waals surface area contributed by atoms with Gasteiger partial charge in [0.15, 0.2) is 6.29 Å². The molecule has 1 saturated heterocycles. The van der Waals surface area contributed by atoms with E-state index in [1.807, 2.05) is 18.2 Å². The molecule has 0 aliphatic carbocycles. The van der Waals surface area contributed by atoms with Gasteiger partial charge in [-0.05, 0) is 24.1 Å². The van der Waals surface area contributed by atoms with Crippen LogP contribution in [0.1, 0.15) is 5.56 Å². The van der Waals surface area contributed by atoms with Crippen LogP contribution in [0.15, 0.2) is 24.3 Å². The first-order valence-corrected chi connectivity index (χ1v) is 5.28. The number of benzene rings is 1. The summed E-state index contributed by atoms with van der Waals surface area (Å²) in [7, 11) is 0. The van der Waals surface area contributed by atoms with Gasteiger partial charge in [0, 0.05) is 24.3 Å². The first kappa shape index (κ1) is 10.7. The minimum Gasteiger partial charge on any atom is -0.378 e. The van der Waals surface area contributed by atoms with Crippen molar-refractivity contribution in [2.75, 3.05) is 31.2 Å². The Bertz CT molecular complexity index is 425. The summed E-state index contributed by atoms with van der Waals surface area (Å²) in [5.74, 6) is 5.22. The normalized spacial score (nSPS) is 15.1. The predicted octanol–water partition coefficient (Wildman–Crippen LogP) is 1.07. The molecule has 0 N–H and O–H groups in total. The molecule has 1 heterocycles. The highest BCUT2D eigenvalue weighted by Gasteiger charge is 2.10. The molecule has 0 radical (unpaired) electrons. The zero-order valence-corrected chi connectivity index (χ0v) is 8.98. The Morgan fingerprint density at radius 3 is 2.88 bits per heavy atom. The van der Waals surface area contributed by atoms with Crippen LogP contribution >= 0.6 is 0 Å². The van der Waals surface area contributed by atoms with E-state index in [2.05, 4.69) is 22.8 Å². The molecule has 0 bridgehead atoms. The lowest BCUT2D eigenvalue weighted by Gasteiger charge is -2.28. The number of anilines is 1. The molecule has 0 spiro atoms. The smallest absolute Gasteiger partial charge is 0.193 e. The number of rotatable bonds is 1. The van der Waals surface area contributed by atoms with Crippen molar-refractivity contribution in [3.63, 3.8) is 0 Å². The lowest BCUT2D eigenvalue weighted by molar-refractivity contribution is -0.103. The summed E-state index contributed by atoms with van der Waals surface area (Å²) in [5.41, 5.74) is 2.01. The molecule has 0 saturated carbocycles. The van der Waals surface area contributed by atoms with Gasteiger partial charge in [-0.2, -0.15) is 0 Å². The molecule has 1 fully saturated rings. The van der Waals surface area contributed by atoms with Crippen molar-refractivity contribution in [2.45, 2.75) is 0 Å². The molecule has 1 aliphatic rings. The minimum atomic E-state index is 0.613. The second-order valence-corrected chi connectivity index (χ2v) is 3.54. The number of nitrogens with zero attached hydrogens (tertiary/aromatic N) is 1. The van der Waals surface area contributed by atoms with Crippen LogP contribution in [0.3, 0.4) is 0 Å². The highest BCUT2D eigenvalue weighted by molar-refractivity contribution is 5.74. The van der Waals surface area contributed by atoms with E-state index < -0.39 is 0 Å². The number of carbonyl (C=O) groups excluding carboxylic acids is 1. The molecule has 3 nitrogen and oxygen atoms in total. The van der Waals surface area contributed by atoms with Crippen LogP contribution in [-0.2, 0) is 9.53 Å². The summed E-state index contributed by atoms with van der Waals surface area (Å²) < 4.78 is 5.30. The monoisotopic (exact) mass is 215 g/mol. The van der Waals surface area contributed by atoms with E-state index in [0.717, 1.165) is 37.6 Å². The average molecular weight is 215 g/mol.